The van der Waals surface area contributed by atoms with Gasteiger partial charge in [-0.15, -0.1) is 0 Å². The molecule has 0 N–H and O–H groups in total. The highest BCUT2D eigenvalue weighted by Crippen LogP contribution is 2.31. The number of alkyl halides is 3. The summed E-state index contributed by atoms with van der Waals surface area (Å²) < 4.78 is 38.8. The lowest BCUT2D eigenvalue weighted by Gasteiger charge is -2.26. The molecule has 1 aliphatic rings. The molecule has 3 rings (SSSR count). The number of halogens is 4. The highest BCUT2D eigenvalue weighted by molar-refractivity contribution is 7.98. The molecule has 140 valence electrons. The van der Waals surface area contributed by atoms with Crippen LogP contribution in [-0.2, 0) is 6.18 Å². The molecule has 0 spiro atoms. The highest BCUT2D eigenvalue weighted by atomic mass is 35.5. The van der Waals surface area contributed by atoms with Crippen molar-refractivity contribution in [2.24, 2.45) is 0 Å². The molecule has 0 aromatic carbocycles. The summed E-state index contributed by atoms with van der Waals surface area (Å²) in [6, 6.07) is 2.23. The van der Waals surface area contributed by atoms with Gasteiger partial charge in [-0.2, -0.15) is 34.7 Å². The lowest BCUT2D eigenvalue weighted by Crippen LogP contribution is -2.34. The van der Waals surface area contributed by atoms with Gasteiger partial charge in [0.05, 0.1) is 17.4 Å². The Morgan fingerprint density at radius 3 is 2.73 bits per heavy atom. The minimum atomic E-state index is -4.49. The molecule has 3 heterocycles. The second-order valence-electron chi connectivity index (χ2n) is 5.91. The Bertz CT molecular complexity index is 841. The zero-order valence-corrected chi connectivity index (χ0v) is 15.4. The fourth-order valence-electron chi connectivity index (χ4n) is 2.99. The minimum Gasteiger partial charge on any atom is -0.365 e. The average molecular weight is 405 g/mol. The zero-order chi connectivity index (χ0) is 18.9. The molecule has 2 aromatic rings. The Balaban J connectivity index is 1.94. The zero-order valence-electron chi connectivity index (χ0n) is 13.8. The Morgan fingerprint density at radius 1 is 1.35 bits per heavy atom. The summed E-state index contributed by atoms with van der Waals surface area (Å²) in [5.74, 6) is 0.901. The lowest BCUT2D eigenvalue weighted by molar-refractivity contribution is -0.137. The van der Waals surface area contributed by atoms with E-state index in [1.54, 1.807) is 11.8 Å². The van der Waals surface area contributed by atoms with Crippen molar-refractivity contribution in [2.45, 2.75) is 25.1 Å². The molecule has 1 atom stereocenters. The van der Waals surface area contributed by atoms with Crippen LogP contribution in [0, 0.1) is 0 Å². The van der Waals surface area contributed by atoms with Crippen molar-refractivity contribution in [2.75, 3.05) is 23.5 Å². The molecule has 1 unspecified atom stereocenters. The monoisotopic (exact) mass is 404 g/mol. The summed E-state index contributed by atoms with van der Waals surface area (Å²) in [5.41, 5.74) is -0.948. The van der Waals surface area contributed by atoms with Crippen molar-refractivity contribution >= 4 is 29.1 Å². The van der Waals surface area contributed by atoms with Crippen LogP contribution in [0.25, 0.3) is 5.82 Å². The normalized spacial score (nSPS) is 17.7. The third-order valence-corrected chi connectivity index (χ3v) is 5.31. The first-order valence-electron chi connectivity index (χ1n) is 7.90. The second-order valence-corrected chi connectivity index (χ2v) is 7.20. The standard InChI is InChI=1S/C16H16ClF3N4OS/c1-26-9-11-3-2-6-23(11)12-8-22-24(15(25)14(12)17)13-5-4-10(7-21-13)16(18,19)20/h4-5,7-8,11H,2-3,6,9H2,1H3. The van der Waals surface area contributed by atoms with Crippen LogP contribution in [0.5, 0.6) is 0 Å². The molecule has 0 aliphatic carbocycles. The summed E-state index contributed by atoms with van der Waals surface area (Å²) in [5, 5.41) is 4.06. The van der Waals surface area contributed by atoms with E-state index in [2.05, 4.69) is 15.0 Å². The third kappa shape index (κ3) is 3.68. The van der Waals surface area contributed by atoms with Crippen LogP contribution in [0.3, 0.4) is 0 Å². The van der Waals surface area contributed by atoms with Gasteiger partial charge in [0.25, 0.3) is 5.56 Å². The number of hydrogen-bond donors (Lipinski definition) is 0. The van der Waals surface area contributed by atoms with E-state index >= 15 is 0 Å². The molecule has 0 saturated carbocycles. The summed E-state index contributed by atoms with van der Waals surface area (Å²) >= 11 is 7.99. The van der Waals surface area contributed by atoms with Crippen molar-refractivity contribution in [3.8, 4) is 5.82 Å². The van der Waals surface area contributed by atoms with Crippen LogP contribution in [0.1, 0.15) is 18.4 Å². The third-order valence-electron chi connectivity index (χ3n) is 4.24. The Hall–Kier alpha value is -1.74. The maximum atomic E-state index is 12.6. The summed E-state index contributed by atoms with van der Waals surface area (Å²) in [6.45, 7) is 0.786. The topological polar surface area (TPSA) is 51.0 Å². The molecule has 1 fully saturated rings. The molecule has 26 heavy (non-hydrogen) atoms. The van der Waals surface area contributed by atoms with E-state index in [9.17, 15) is 18.0 Å². The molecule has 0 bridgehead atoms. The molecule has 1 saturated heterocycles. The fraction of sp³-hybridized carbons (Fsp3) is 0.438. The van der Waals surface area contributed by atoms with Gasteiger partial charge in [0, 0.05) is 24.5 Å². The molecule has 0 amide bonds. The van der Waals surface area contributed by atoms with E-state index in [0.29, 0.717) is 11.9 Å². The van der Waals surface area contributed by atoms with Crippen LogP contribution >= 0.6 is 23.4 Å². The molecule has 0 radical (unpaired) electrons. The van der Waals surface area contributed by atoms with Gasteiger partial charge in [-0.25, -0.2) is 4.98 Å². The first-order chi connectivity index (χ1) is 12.3. The molecule has 10 heteroatoms. The van der Waals surface area contributed by atoms with Gasteiger partial charge in [0.1, 0.15) is 5.02 Å². The van der Waals surface area contributed by atoms with E-state index in [4.69, 9.17) is 11.6 Å². The molecule has 2 aromatic heterocycles. The Morgan fingerprint density at radius 2 is 2.12 bits per heavy atom. The average Bonchev–Trinajstić information content (AvgIpc) is 3.05. The van der Waals surface area contributed by atoms with Crippen molar-refractivity contribution in [1.29, 1.82) is 0 Å². The fourth-order valence-corrected chi connectivity index (χ4v) is 3.95. The van der Waals surface area contributed by atoms with E-state index in [1.165, 1.54) is 6.20 Å². The van der Waals surface area contributed by atoms with Crippen molar-refractivity contribution in [3.63, 3.8) is 0 Å². The quantitative estimate of drug-likeness (QED) is 0.778. The second kappa shape index (κ2) is 7.48. The van der Waals surface area contributed by atoms with Crippen molar-refractivity contribution < 1.29 is 13.2 Å². The number of aromatic nitrogens is 3. The van der Waals surface area contributed by atoms with Crippen LogP contribution in [0.4, 0.5) is 18.9 Å². The number of thioether (sulfide) groups is 1. The number of nitrogens with zero attached hydrogens (tertiary/aromatic N) is 4. The van der Waals surface area contributed by atoms with Gasteiger partial charge >= 0.3 is 6.18 Å². The van der Waals surface area contributed by atoms with E-state index in [1.807, 2.05) is 6.26 Å². The molecule has 5 nitrogen and oxygen atoms in total. The maximum Gasteiger partial charge on any atom is 0.417 e. The van der Waals surface area contributed by atoms with E-state index in [-0.39, 0.29) is 16.9 Å². The highest BCUT2D eigenvalue weighted by Gasteiger charge is 2.31. The molecule has 1 aliphatic heterocycles. The van der Waals surface area contributed by atoms with Crippen LogP contribution in [0.15, 0.2) is 29.3 Å². The minimum absolute atomic E-state index is 0.00491. The first-order valence-corrected chi connectivity index (χ1v) is 9.67. The predicted molar refractivity (Wildman–Crippen MR) is 96.4 cm³/mol. The van der Waals surface area contributed by atoms with E-state index < -0.39 is 17.3 Å². The van der Waals surface area contributed by atoms with Gasteiger partial charge in [-0.3, -0.25) is 4.79 Å². The van der Waals surface area contributed by atoms with Crippen LogP contribution in [0.2, 0.25) is 5.02 Å². The summed E-state index contributed by atoms with van der Waals surface area (Å²) in [7, 11) is 0. The van der Waals surface area contributed by atoms with E-state index in [0.717, 1.165) is 42.0 Å². The van der Waals surface area contributed by atoms with Gasteiger partial charge < -0.3 is 4.90 Å². The first kappa shape index (κ1) is 19.0. The lowest BCUT2D eigenvalue weighted by atomic mass is 10.2. The summed E-state index contributed by atoms with van der Waals surface area (Å²) in [6.07, 6.45) is 1.69. The predicted octanol–water partition coefficient (Wildman–Crippen LogP) is 3.63. The molecular weight excluding hydrogens is 389 g/mol. The van der Waals surface area contributed by atoms with Crippen molar-refractivity contribution in [3.05, 3.63) is 45.5 Å². The van der Waals surface area contributed by atoms with Gasteiger partial charge in [-0.05, 0) is 31.2 Å². The summed E-state index contributed by atoms with van der Waals surface area (Å²) in [4.78, 5) is 18.3. The number of hydrogen-bond acceptors (Lipinski definition) is 5. The van der Waals surface area contributed by atoms with Crippen LogP contribution in [-0.4, -0.2) is 39.4 Å². The van der Waals surface area contributed by atoms with Crippen molar-refractivity contribution in [1.82, 2.24) is 14.8 Å². The maximum absolute atomic E-state index is 12.6. The van der Waals surface area contributed by atoms with Gasteiger partial charge in [0.15, 0.2) is 5.82 Å². The SMILES string of the molecule is CSCC1CCCN1c1cnn(-c2ccc(C(F)(F)F)cn2)c(=O)c1Cl. The largest absolute Gasteiger partial charge is 0.417 e. The van der Waals surface area contributed by atoms with Gasteiger partial charge in [0.2, 0.25) is 0 Å². The number of rotatable bonds is 4. The molecular formula is C16H16ClF3N4OS. The van der Waals surface area contributed by atoms with Crippen LogP contribution < -0.4 is 10.5 Å². The smallest absolute Gasteiger partial charge is 0.365 e. The van der Waals surface area contributed by atoms with Gasteiger partial charge in [-0.1, -0.05) is 11.6 Å². The number of anilines is 1. The number of pyridine rings is 1. The Kier molecular flexibility index (Phi) is 5.47. The Labute approximate surface area is 157 Å².